The summed E-state index contributed by atoms with van der Waals surface area (Å²) in [5.74, 6) is 0.121. The summed E-state index contributed by atoms with van der Waals surface area (Å²) in [6.07, 6.45) is 4.56. The molecule has 0 amide bonds. The van der Waals surface area contributed by atoms with Gasteiger partial charge in [-0.25, -0.2) is 12.7 Å². The molecule has 0 N–H and O–H groups in total. The Morgan fingerprint density at radius 3 is 2.00 bits per heavy atom. The summed E-state index contributed by atoms with van der Waals surface area (Å²) in [5, 5.41) is 0. The summed E-state index contributed by atoms with van der Waals surface area (Å²) in [5.41, 5.74) is 2.51. The highest BCUT2D eigenvalue weighted by atomic mass is 32.2. The number of likely N-dealkylation sites (tertiary alicyclic amines) is 1. The molecular formula is C23H30N2O2S. The first-order valence-electron chi connectivity index (χ1n) is 10.3. The Bertz CT molecular complexity index is 852. The molecule has 0 aliphatic carbocycles. The van der Waals surface area contributed by atoms with Gasteiger partial charge in [-0.05, 0) is 56.4 Å². The summed E-state index contributed by atoms with van der Waals surface area (Å²) in [6.45, 7) is 4.75. The Kier molecular flexibility index (Phi) is 5.85. The number of sulfonamides is 1. The molecule has 2 aliphatic rings. The van der Waals surface area contributed by atoms with E-state index in [0.29, 0.717) is 13.1 Å². The van der Waals surface area contributed by atoms with E-state index in [1.54, 1.807) is 4.31 Å². The highest BCUT2D eigenvalue weighted by Crippen LogP contribution is 2.42. The number of hydrogen-bond acceptors (Lipinski definition) is 3. The Hall–Kier alpha value is -1.69. The maximum absolute atomic E-state index is 12.7. The second-order valence-corrected chi connectivity index (χ2v) is 10.4. The van der Waals surface area contributed by atoms with Crippen LogP contribution in [-0.4, -0.2) is 50.3 Å². The van der Waals surface area contributed by atoms with Gasteiger partial charge < -0.3 is 4.90 Å². The van der Waals surface area contributed by atoms with Gasteiger partial charge in [-0.2, -0.15) is 0 Å². The van der Waals surface area contributed by atoms with Crippen molar-refractivity contribution in [2.75, 3.05) is 32.7 Å². The Morgan fingerprint density at radius 2 is 1.39 bits per heavy atom. The molecule has 2 aliphatic heterocycles. The smallest absolute Gasteiger partial charge is 0.218 e. The van der Waals surface area contributed by atoms with E-state index in [4.69, 9.17) is 0 Å². The van der Waals surface area contributed by atoms with Crippen molar-refractivity contribution in [2.24, 2.45) is 5.41 Å². The molecule has 0 aromatic heterocycles. The van der Waals surface area contributed by atoms with Gasteiger partial charge in [0.05, 0.1) is 5.75 Å². The Labute approximate surface area is 169 Å². The van der Waals surface area contributed by atoms with Crippen LogP contribution in [0.3, 0.4) is 0 Å². The minimum Gasteiger partial charge on any atom is -0.303 e. The lowest BCUT2D eigenvalue weighted by Gasteiger charge is -2.53. The predicted molar refractivity (Wildman–Crippen MR) is 114 cm³/mol. The Morgan fingerprint density at radius 1 is 0.821 bits per heavy atom. The van der Waals surface area contributed by atoms with E-state index in [-0.39, 0.29) is 11.2 Å². The summed E-state index contributed by atoms with van der Waals surface area (Å²) in [6, 6.07) is 20.2. The number of rotatable bonds is 7. The normalized spacial score (nSPS) is 20.1. The standard InChI is InChI=1S/C23H30N2O2S/c26-28(27,18-22-10-5-2-6-11-22)25-19-23(20-25)13-16-24(17-14-23)15-7-12-21-8-3-1-4-9-21/h1-6,8-11H,7,12-20H2. The van der Waals surface area contributed by atoms with Crippen molar-refractivity contribution in [2.45, 2.75) is 31.4 Å². The molecule has 0 unspecified atom stereocenters. The minimum atomic E-state index is -3.19. The van der Waals surface area contributed by atoms with Crippen LogP contribution >= 0.6 is 0 Å². The molecule has 28 heavy (non-hydrogen) atoms. The van der Waals surface area contributed by atoms with E-state index in [1.165, 1.54) is 12.0 Å². The quantitative estimate of drug-likeness (QED) is 0.716. The van der Waals surface area contributed by atoms with Crippen molar-refractivity contribution < 1.29 is 8.42 Å². The average molecular weight is 399 g/mol. The first kappa shape index (κ1) is 19.6. The van der Waals surface area contributed by atoms with Crippen molar-refractivity contribution in [3.8, 4) is 0 Å². The fraction of sp³-hybridized carbons (Fsp3) is 0.478. The lowest BCUT2D eigenvalue weighted by molar-refractivity contribution is 0.000528. The third kappa shape index (κ3) is 4.65. The third-order valence-corrected chi connectivity index (χ3v) is 8.05. The maximum Gasteiger partial charge on any atom is 0.218 e. The molecule has 0 radical (unpaired) electrons. The number of nitrogens with zero attached hydrogens (tertiary/aromatic N) is 2. The van der Waals surface area contributed by atoms with Crippen LogP contribution in [0, 0.1) is 5.41 Å². The van der Waals surface area contributed by atoms with Gasteiger partial charge in [0.1, 0.15) is 0 Å². The van der Waals surface area contributed by atoms with E-state index in [0.717, 1.165) is 44.5 Å². The SMILES string of the molecule is O=S(=O)(Cc1ccccc1)N1CC2(CCN(CCCc3ccccc3)CC2)C1. The maximum atomic E-state index is 12.7. The van der Waals surface area contributed by atoms with Gasteiger partial charge in [-0.3, -0.25) is 0 Å². The molecule has 5 heteroatoms. The second kappa shape index (κ2) is 8.36. The van der Waals surface area contributed by atoms with Gasteiger partial charge in [0.2, 0.25) is 10.0 Å². The van der Waals surface area contributed by atoms with Crippen LogP contribution in [0.2, 0.25) is 0 Å². The Balaban J connectivity index is 1.20. The van der Waals surface area contributed by atoms with E-state index in [2.05, 4.69) is 35.2 Å². The summed E-state index contributed by atoms with van der Waals surface area (Å²) < 4.78 is 27.0. The summed E-state index contributed by atoms with van der Waals surface area (Å²) >= 11 is 0. The van der Waals surface area contributed by atoms with Crippen molar-refractivity contribution in [3.63, 3.8) is 0 Å². The molecular weight excluding hydrogens is 368 g/mol. The second-order valence-electron chi connectivity index (χ2n) is 8.44. The first-order valence-corrected chi connectivity index (χ1v) is 11.9. The molecule has 150 valence electrons. The van der Waals surface area contributed by atoms with E-state index in [1.807, 2.05) is 30.3 Å². The number of hydrogen-bond donors (Lipinski definition) is 0. The summed E-state index contributed by atoms with van der Waals surface area (Å²) in [4.78, 5) is 2.55. The zero-order valence-electron chi connectivity index (χ0n) is 16.5. The van der Waals surface area contributed by atoms with Crippen molar-refractivity contribution in [1.82, 2.24) is 9.21 Å². The fourth-order valence-electron chi connectivity index (χ4n) is 4.49. The van der Waals surface area contributed by atoms with Gasteiger partial charge in [0.15, 0.2) is 0 Å². The summed E-state index contributed by atoms with van der Waals surface area (Å²) in [7, 11) is -3.19. The number of benzene rings is 2. The number of aryl methyl sites for hydroxylation is 1. The molecule has 2 heterocycles. The molecule has 0 saturated carbocycles. The van der Waals surface area contributed by atoms with E-state index >= 15 is 0 Å². The molecule has 2 aromatic carbocycles. The van der Waals surface area contributed by atoms with Crippen molar-refractivity contribution >= 4 is 10.0 Å². The molecule has 2 fully saturated rings. The molecule has 4 nitrogen and oxygen atoms in total. The van der Waals surface area contributed by atoms with E-state index < -0.39 is 10.0 Å². The zero-order chi connectivity index (χ0) is 19.5. The van der Waals surface area contributed by atoms with Crippen LogP contribution in [0.15, 0.2) is 60.7 Å². The number of piperidine rings is 1. The fourth-order valence-corrected chi connectivity index (χ4v) is 6.23. The molecule has 4 rings (SSSR count). The van der Waals surface area contributed by atoms with Gasteiger partial charge in [0, 0.05) is 18.5 Å². The van der Waals surface area contributed by atoms with Crippen LogP contribution in [-0.2, 0) is 22.2 Å². The lowest BCUT2D eigenvalue weighted by atomic mass is 9.73. The van der Waals surface area contributed by atoms with Gasteiger partial charge in [-0.15, -0.1) is 0 Å². The molecule has 2 saturated heterocycles. The van der Waals surface area contributed by atoms with Crippen molar-refractivity contribution in [1.29, 1.82) is 0 Å². The van der Waals surface area contributed by atoms with Crippen LogP contribution in [0.5, 0.6) is 0 Å². The molecule has 1 spiro atoms. The van der Waals surface area contributed by atoms with E-state index in [9.17, 15) is 8.42 Å². The monoisotopic (exact) mass is 398 g/mol. The van der Waals surface area contributed by atoms with Crippen LogP contribution < -0.4 is 0 Å². The highest BCUT2D eigenvalue weighted by molar-refractivity contribution is 7.88. The molecule has 0 bridgehead atoms. The topological polar surface area (TPSA) is 40.6 Å². The van der Waals surface area contributed by atoms with Crippen molar-refractivity contribution in [3.05, 3.63) is 71.8 Å². The lowest BCUT2D eigenvalue weighted by Crippen LogP contribution is -2.61. The third-order valence-electron chi connectivity index (χ3n) is 6.31. The first-order chi connectivity index (χ1) is 13.5. The minimum absolute atomic E-state index is 0.121. The largest absolute Gasteiger partial charge is 0.303 e. The van der Waals surface area contributed by atoms with Crippen LogP contribution in [0.1, 0.15) is 30.4 Å². The highest BCUT2D eigenvalue weighted by Gasteiger charge is 2.48. The molecule has 2 aromatic rings. The predicted octanol–water partition coefficient (Wildman–Crippen LogP) is 3.55. The van der Waals surface area contributed by atoms with Crippen LogP contribution in [0.4, 0.5) is 0 Å². The zero-order valence-corrected chi connectivity index (χ0v) is 17.3. The van der Waals surface area contributed by atoms with Gasteiger partial charge in [-0.1, -0.05) is 60.7 Å². The van der Waals surface area contributed by atoms with Gasteiger partial charge in [0.25, 0.3) is 0 Å². The molecule has 0 atom stereocenters. The van der Waals surface area contributed by atoms with Crippen LogP contribution in [0.25, 0.3) is 0 Å². The average Bonchev–Trinajstić information content (AvgIpc) is 2.68. The van der Waals surface area contributed by atoms with Gasteiger partial charge >= 0.3 is 0 Å².